The van der Waals surface area contributed by atoms with Crippen LogP contribution in [0.4, 0.5) is 5.69 Å². The van der Waals surface area contributed by atoms with E-state index in [0.29, 0.717) is 11.3 Å². The monoisotopic (exact) mass is 315 g/mol. The third-order valence-electron chi connectivity index (χ3n) is 4.27. The van der Waals surface area contributed by atoms with Gasteiger partial charge in [-0.3, -0.25) is 9.59 Å². The van der Waals surface area contributed by atoms with E-state index in [4.69, 9.17) is 0 Å². The van der Waals surface area contributed by atoms with Crippen molar-refractivity contribution in [1.82, 2.24) is 0 Å². The fourth-order valence-electron chi connectivity index (χ4n) is 3.00. The molecule has 0 fully saturated rings. The van der Waals surface area contributed by atoms with E-state index in [9.17, 15) is 14.7 Å². The van der Waals surface area contributed by atoms with Gasteiger partial charge in [-0.1, -0.05) is 56.5 Å². The number of carbonyl (C=O) groups is 2. The SMILES string of the molecule is CCCCCC/C=C\C[C@]1(O)C(=O)N(C(C)=O)c2ccccc21. The summed E-state index contributed by atoms with van der Waals surface area (Å²) in [5.74, 6) is -0.927. The maximum atomic E-state index is 12.6. The fraction of sp³-hybridized carbons (Fsp3) is 0.474. The smallest absolute Gasteiger partial charge is 0.270 e. The van der Waals surface area contributed by atoms with Crippen molar-refractivity contribution in [3.05, 3.63) is 42.0 Å². The zero-order valence-electron chi connectivity index (χ0n) is 13.9. The molecule has 0 saturated heterocycles. The Balaban J connectivity index is 2.10. The molecule has 1 aliphatic rings. The van der Waals surface area contributed by atoms with E-state index >= 15 is 0 Å². The van der Waals surface area contributed by atoms with Crippen LogP contribution >= 0.6 is 0 Å². The highest BCUT2D eigenvalue weighted by Crippen LogP contribution is 2.42. The second kappa shape index (κ2) is 7.55. The number of para-hydroxylation sites is 1. The number of anilines is 1. The molecule has 4 nitrogen and oxygen atoms in total. The van der Waals surface area contributed by atoms with E-state index in [0.717, 1.165) is 17.7 Å². The average molecular weight is 315 g/mol. The summed E-state index contributed by atoms with van der Waals surface area (Å²) >= 11 is 0. The number of allylic oxidation sites excluding steroid dienone is 1. The number of carbonyl (C=O) groups excluding carboxylic acids is 2. The van der Waals surface area contributed by atoms with Crippen LogP contribution in [0.3, 0.4) is 0 Å². The third kappa shape index (κ3) is 3.53. The number of hydrogen-bond donors (Lipinski definition) is 1. The van der Waals surface area contributed by atoms with E-state index in [1.54, 1.807) is 24.3 Å². The summed E-state index contributed by atoms with van der Waals surface area (Å²) in [7, 11) is 0. The van der Waals surface area contributed by atoms with Crippen molar-refractivity contribution in [1.29, 1.82) is 0 Å². The number of amides is 2. The van der Waals surface area contributed by atoms with E-state index in [1.165, 1.54) is 26.2 Å². The van der Waals surface area contributed by atoms with Crippen LogP contribution in [-0.2, 0) is 15.2 Å². The second-order valence-corrected chi connectivity index (χ2v) is 6.06. The lowest BCUT2D eigenvalue weighted by molar-refractivity contribution is -0.138. The van der Waals surface area contributed by atoms with Gasteiger partial charge in [-0.15, -0.1) is 0 Å². The van der Waals surface area contributed by atoms with Gasteiger partial charge in [0, 0.05) is 18.9 Å². The highest BCUT2D eigenvalue weighted by molar-refractivity contribution is 6.21. The van der Waals surface area contributed by atoms with Crippen LogP contribution < -0.4 is 4.90 Å². The Morgan fingerprint density at radius 1 is 1.22 bits per heavy atom. The minimum atomic E-state index is -1.64. The Labute approximate surface area is 137 Å². The summed E-state index contributed by atoms with van der Waals surface area (Å²) in [5.41, 5.74) is -0.637. The van der Waals surface area contributed by atoms with Crippen molar-refractivity contribution < 1.29 is 14.7 Å². The van der Waals surface area contributed by atoms with Gasteiger partial charge in [0.15, 0.2) is 5.60 Å². The molecule has 2 rings (SSSR count). The molecule has 4 heteroatoms. The van der Waals surface area contributed by atoms with Crippen LogP contribution in [0.1, 0.15) is 57.9 Å². The molecule has 1 aliphatic heterocycles. The molecule has 0 bridgehead atoms. The number of fused-ring (bicyclic) bond motifs is 1. The van der Waals surface area contributed by atoms with Crippen molar-refractivity contribution >= 4 is 17.5 Å². The van der Waals surface area contributed by atoms with Crippen LogP contribution in [0, 0.1) is 0 Å². The lowest BCUT2D eigenvalue weighted by Gasteiger charge is -2.20. The Morgan fingerprint density at radius 2 is 1.96 bits per heavy atom. The molecule has 2 amide bonds. The molecule has 0 spiro atoms. The molecule has 1 N–H and O–H groups in total. The molecule has 1 atom stereocenters. The maximum absolute atomic E-state index is 12.6. The molecule has 23 heavy (non-hydrogen) atoms. The molecular formula is C19H25NO3. The van der Waals surface area contributed by atoms with Gasteiger partial charge >= 0.3 is 0 Å². The minimum Gasteiger partial charge on any atom is -0.375 e. The Hall–Kier alpha value is -1.94. The van der Waals surface area contributed by atoms with E-state index < -0.39 is 11.5 Å². The summed E-state index contributed by atoms with van der Waals surface area (Å²) < 4.78 is 0. The number of nitrogens with zero attached hydrogens (tertiary/aromatic N) is 1. The quantitative estimate of drug-likeness (QED) is 0.617. The Bertz CT molecular complexity index is 608. The van der Waals surface area contributed by atoms with E-state index in [1.807, 2.05) is 12.2 Å². The zero-order chi connectivity index (χ0) is 16.9. The lowest BCUT2D eigenvalue weighted by Crippen LogP contribution is -2.42. The average Bonchev–Trinajstić information content (AvgIpc) is 2.75. The topological polar surface area (TPSA) is 57.6 Å². The van der Waals surface area contributed by atoms with Crippen molar-refractivity contribution in [2.75, 3.05) is 4.90 Å². The molecule has 1 aromatic rings. The molecule has 0 saturated carbocycles. The van der Waals surface area contributed by atoms with Crippen LogP contribution in [0.5, 0.6) is 0 Å². The molecule has 1 aromatic carbocycles. The lowest BCUT2D eigenvalue weighted by atomic mass is 9.91. The van der Waals surface area contributed by atoms with Crippen LogP contribution in [0.15, 0.2) is 36.4 Å². The second-order valence-electron chi connectivity index (χ2n) is 6.06. The van der Waals surface area contributed by atoms with E-state index in [2.05, 4.69) is 6.92 Å². The molecule has 1 heterocycles. The number of benzene rings is 1. The van der Waals surface area contributed by atoms with Crippen molar-refractivity contribution in [3.8, 4) is 0 Å². The normalized spacial score (nSPS) is 20.3. The number of rotatable bonds is 7. The minimum absolute atomic E-state index is 0.195. The first-order valence-electron chi connectivity index (χ1n) is 8.34. The molecular weight excluding hydrogens is 290 g/mol. The fourth-order valence-corrected chi connectivity index (χ4v) is 3.00. The third-order valence-corrected chi connectivity index (χ3v) is 4.27. The predicted molar refractivity (Wildman–Crippen MR) is 91.0 cm³/mol. The highest BCUT2D eigenvalue weighted by atomic mass is 16.3. The van der Waals surface area contributed by atoms with Gasteiger partial charge in [0.25, 0.3) is 5.91 Å². The summed E-state index contributed by atoms with van der Waals surface area (Å²) in [6.07, 6.45) is 9.76. The van der Waals surface area contributed by atoms with Gasteiger partial charge in [-0.2, -0.15) is 0 Å². The molecule has 124 valence electrons. The van der Waals surface area contributed by atoms with Crippen LogP contribution in [0.25, 0.3) is 0 Å². The summed E-state index contributed by atoms with van der Waals surface area (Å²) in [6, 6.07) is 6.94. The maximum Gasteiger partial charge on any atom is 0.270 e. The van der Waals surface area contributed by atoms with E-state index in [-0.39, 0.29) is 12.3 Å². The molecule has 0 aliphatic carbocycles. The first kappa shape index (κ1) is 17.4. The van der Waals surface area contributed by atoms with Crippen molar-refractivity contribution in [2.45, 2.75) is 58.0 Å². The van der Waals surface area contributed by atoms with Gasteiger partial charge in [0.2, 0.25) is 5.91 Å². The molecule has 0 unspecified atom stereocenters. The predicted octanol–water partition coefficient (Wildman–Crippen LogP) is 3.68. The summed E-state index contributed by atoms with van der Waals surface area (Å²) in [6.45, 7) is 3.51. The van der Waals surface area contributed by atoms with Crippen molar-refractivity contribution in [2.24, 2.45) is 0 Å². The largest absolute Gasteiger partial charge is 0.375 e. The summed E-state index contributed by atoms with van der Waals surface area (Å²) in [5, 5.41) is 10.9. The number of unbranched alkanes of at least 4 members (excludes halogenated alkanes) is 4. The highest BCUT2D eigenvalue weighted by Gasteiger charge is 2.50. The summed E-state index contributed by atoms with van der Waals surface area (Å²) in [4.78, 5) is 25.4. The number of imide groups is 1. The first-order valence-corrected chi connectivity index (χ1v) is 8.34. The standard InChI is InChI=1S/C19H25NO3/c1-3-4-5-6-7-8-11-14-19(23)16-12-9-10-13-17(16)20(15(2)21)18(19)22/h8-13,23H,3-7,14H2,1-2H3/b11-8-/t19-/m1/s1. The van der Waals surface area contributed by atoms with Gasteiger partial charge in [-0.25, -0.2) is 4.90 Å². The van der Waals surface area contributed by atoms with Crippen LogP contribution in [-0.4, -0.2) is 16.9 Å². The first-order chi connectivity index (χ1) is 11.0. The van der Waals surface area contributed by atoms with Crippen molar-refractivity contribution in [3.63, 3.8) is 0 Å². The van der Waals surface area contributed by atoms with Gasteiger partial charge < -0.3 is 5.11 Å². The Kier molecular flexibility index (Phi) is 5.72. The van der Waals surface area contributed by atoms with Gasteiger partial charge in [-0.05, 0) is 18.9 Å². The number of aliphatic hydroxyl groups is 1. The zero-order valence-corrected chi connectivity index (χ0v) is 13.9. The molecule has 0 aromatic heterocycles. The number of hydrogen-bond acceptors (Lipinski definition) is 3. The Morgan fingerprint density at radius 3 is 2.65 bits per heavy atom. The van der Waals surface area contributed by atoms with Crippen LogP contribution in [0.2, 0.25) is 0 Å². The van der Waals surface area contributed by atoms with Gasteiger partial charge in [0.05, 0.1) is 5.69 Å². The molecule has 0 radical (unpaired) electrons. The van der Waals surface area contributed by atoms with Gasteiger partial charge in [0.1, 0.15) is 0 Å².